The molecule has 120 valence electrons. The summed E-state index contributed by atoms with van der Waals surface area (Å²) in [5.41, 5.74) is -0.834. The van der Waals surface area contributed by atoms with Gasteiger partial charge in [-0.3, -0.25) is 14.6 Å². The molecule has 0 radical (unpaired) electrons. The molecule has 23 heavy (non-hydrogen) atoms. The zero-order valence-corrected chi connectivity index (χ0v) is 12.8. The van der Waals surface area contributed by atoms with E-state index in [-0.39, 0.29) is 5.69 Å². The highest BCUT2D eigenvalue weighted by atomic mass is 35.5. The lowest BCUT2D eigenvalue weighted by Crippen LogP contribution is -2.50. The summed E-state index contributed by atoms with van der Waals surface area (Å²) in [7, 11) is 0. The van der Waals surface area contributed by atoms with E-state index in [0.717, 1.165) is 5.69 Å². The lowest BCUT2D eigenvalue weighted by atomic mass is 10.2. The zero-order valence-electron chi connectivity index (χ0n) is 12.1. The minimum absolute atomic E-state index is 0.305. The van der Waals surface area contributed by atoms with Gasteiger partial charge >= 0.3 is 5.69 Å². The Kier molecular flexibility index (Phi) is 4.16. The van der Waals surface area contributed by atoms with Crippen molar-refractivity contribution in [2.45, 2.75) is 0 Å². The molecule has 0 aliphatic carbocycles. The fraction of sp³-hybridized carbons (Fsp3) is 0.286. The summed E-state index contributed by atoms with van der Waals surface area (Å²) in [6.07, 6.45) is 0. The van der Waals surface area contributed by atoms with Crippen LogP contribution in [0.15, 0.2) is 33.9 Å². The minimum Gasteiger partial charge on any atom is -0.368 e. The molecule has 1 amide bonds. The van der Waals surface area contributed by atoms with Gasteiger partial charge in [0, 0.05) is 36.9 Å². The third kappa shape index (κ3) is 3.26. The lowest BCUT2D eigenvalue weighted by Gasteiger charge is -2.35. The number of anilines is 1. The molecule has 1 aliphatic heterocycles. The second kappa shape index (κ2) is 6.25. The molecule has 0 unspecified atom stereocenters. The molecule has 3 rings (SSSR count). The van der Waals surface area contributed by atoms with Crippen LogP contribution in [0.1, 0.15) is 10.5 Å². The van der Waals surface area contributed by atoms with Gasteiger partial charge < -0.3 is 9.80 Å². The summed E-state index contributed by atoms with van der Waals surface area (Å²) >= 11 is 5.99. The Morgan fingerprint density at radius 2 is 1.91 bits per heavy atom. The molecule has 0 spiro atoms. The molecule has 0 atom stereocenters. The molecule has 2 aromatic rings. The van der Waals surface area contributed by atoms with Crippen LogP contribution in [0.4, 0.5) is 5.69 Å². The Morgan fingerprint density at radius 1 is 1.17 bits per heavy atom. The Bertz CT molecular complexity index is 839. The number of H-pyrrole nitrogens is 2. The van der Waals surface area contributed by atoms with Gasteiger partial charge in [-0.25, -0.2) is 9.89 Å². The first-order valence-corrected chi connectivity index (χ1v) is 7.41. The first-order valence-electron chi connectivity index (χ1n) is 7.03. The van der Waals surface area contributed by atoms with Crippen LogP contribution in [0.25, 0.3) is 0 Å². The maximum atomic E-state index is 12.3. The van der Waals surface area contributed by atoms with Gasteiger partial charge in [-0.15, -0.1) is 0 Å². The molecule has 0 bridgehead atoms. The molecule has 1 aromatic carbocycles. The Labute approximate surface area is 135 Å². The first kappa shape index (κ1) is 15.3. The number of nitrogens with one attached hydrogen (secondary N) is 2. The highest BCUT2D eigenvalue weighted by Crippen LogP contribution is 2.20. The van der Waals surface area contributed by atoms with Crippen LogP contribution in [0, 0.1) is 0 Å². The van der Waals surface area contributed by atoms with E-state index >= 15 is 0 Å². The minimum atomic E-state index is -0.781. The fourth-order valence-corrected chi connectivity index (χ4v) is 2.67. The number of amides is 1. The van der Waals surface area contributed by atoms with Crippen molar-refractivity contribution in [1.82, 2.24) is 20.1 Å². The summed E-state index contributed by atoms with van der Waals surface area (Å²) < 4.78 is 0. The van der Waals surface area contributed by atoms with Crippen molar-refractivity contribution in [3.8, 4) is 0 Å². The Hall–Kier alpha value is -2.61. The molecule has 0 saturated carbocycles. The number of halogens is 1. The van der Waals surface area contributed by atoms with Crippen molar-refractivity contribution < 1.29 is 4.79 Å². The number of piperazine rings is 1. The van der Waals surface area contributed by atoms with Gasteiger partial charge in [-0.2, -0.15) is 5.10 Å². The monoisotopic (exact) mass is 335 g/mol. The smallest absolute Gasteiger partial charge is 0.342 e. The molecule has 1 fully saturated rings. The molecular formula is C14H14ClN5O3. The molecule has 8 nitrogen and oxygen atoms in total. The van der Waals surface area contributed by atoms with E-state index in [1.165, 1.54) is 4.90 Å². The Balaban J connectivity index is 1.70. The first-order chi connectivity index (χ1) is 11.0. The molecule has 9 heteroatoms. The molecule has 1 aromatic heterocycles. The average Bonchev–Trinajstić information content (AvgIpc) is 2.54. The maximum absolute atomic E-state index is 12.3. The summed E-state index contributed by atoms with van der Waals surface area (Å²) in [5.74, 6) is -0.492. The third-order valence-electron chi connectivity index (χ3n) is 3.65. The number of hydrogen-bond acceptors (Lipinski definition) is 5. The van der Waals surface area contributed by atoms with Crippen molar-refractivity contribution >= 4 is 23.2 Å². The van der Waals surface area contributed by atoms with Crippen LogP contribution in [0.5, 0.6) is 0 Å². The zero-order chi connectivity index (χ0) is 16.4. The molecule has 2 heterocycles. The number of aromatic amines is 2. The standard InChI is InChI=1S/C14H14ClN5O3/c15-9-2-1-3-10(8-9)19-4-6-20(7-5-19)13(22)11-12(21)16-14(23)18-17-11/h1-3,8H,4-7H2,(H2,16,18,21,23). The van der Waals surface area contributed by atoms with E-state index in [2.05, 4.69) is 15.1 Å². The SMILES string of the molecule is O=C(c1n[nH]c(=O)[nH]c1=O)N1CCN(c2cccc(Cl)c2)CC1. The summed E-state index contributed by atoms with van der Waals surface area (Å²) in [6, 6.07) is 7.50. The van der Waals surface area contributed by atoms with Crippen LogP contribution in [-0.4, -0.2) is 52.2 Å². The van der Waals surface area contributed by atoms with E-state index in [9.17, 15) is 14.4 Å². The van der Waals surface area contributed by atoms with E-state index in [1.54, 1.807) is 6.07 Å². The summed E-state index contributed by atoms with van der Waals surface area (Å²) in [4.78, 5) is 40.5. The van der Waals surface area contributed by atoms with E-state index in [1.807, 2.05) is 23.2 Å². The van der Waals surface area contributed by atoms with Crippen LogP contribution >= 0.6 is 11.6 Å². The normalized spacial score (nSPS) is 14.8. The Morgan fingerprint density at radius 3 is 2.57 bits per heavy atom. The maximum Gasteiger partial charge on any atom is 0.342 e. The quantitative estimate of drug-likeness (QED) is 0.809. The van der Waals surface area contributed by atoms with Gasteiger partial charge in [0.05, 0.1) is 0 Å². The second-order valence-electron chi connectivity index (χ2n) is 5.11. The number of rotatable bonds is 2. The van der Waals surface area contributed by atoms with Crippen LogP contribution < -0.4 is 16.1 Å². The van der Waals surface area contributed by atoms with Crippen molar-refractivity contribution in [2.75, 3.05) is 31.1 Å². The number of hydrogen-bond donors (Lipinski definition) is 2. The van der Waals surface area contributed by atoms with Crippen LogP contribution in [0.3, 0.4) is 0 Å². The van der Waals surface area contributed by atoms with Gasteiger partial charge in [0.25, 0.3) is 11.5 Å². The van der Waals surface area contributed by atoms with Crippen molar-refractivity contribution in [1.29, 1.82) is 0 Å². The summed E-state index contributed by atoms with van der Waals surface area (Å²) in [6.45, 7) is 2.14. The van der Waals surface area contributed by atoms with Crippen LogP contribution in [-0.2, 0) is 0 Å². The number of aromatic nitrogens is 3. The van der Waals surface area contributed by atoms with Gasteiger partial charge in [0.2, 0.25) is 5.69 Å². The fourth-order valence-electron chi connectivity index (χ4n) is 2.48. The second-order valence-corrected chi connectivity index (χ2v) is 5.55. The van der Waals surface area contributed by atoms with Gasteiger partial charge in [-0.1, -0.05) is 17.7 Å². The van der Waals surface area contributed by atoms with Crippen molar-refractivity contribution in [2.24, 2.45) is 0 Å². The predicted molar refractivity (Wildman–Crippen MR) is 85.0 cm³/mol. The van der Waals surface area contributed by atoms with Crippen molar-refractivity contribution in [3.05, 3.63) is 55.8 Å². The van der Waals surface area contributed by atoms with E-state index < -0.39 is 17.2 Å². The number of carbonyl (C=O) groups is 1. The molecular weight excluding hydrogens is 322 g/mol. The average molecular weight is 336 g/mol. The molecule has 1 aliphatic rings. The predicted octanol–water partition coefficient (Wildman–Crippen LogP) is 0.0740. The topological polar surface area (TPSA) is 102 Å². The van der Waals surface area contributed by atoms with Gasteiger partial charge in [0.15, 0.2) is 0 Å². The number of nitrogens with zero attached hydrogens (tertiary/aromatic N) is 3. The molecule has 2 N–H and O–H groups in total. The highest BCUT2D eigenvalue weighted by Gasteiger charge is 2.25. The number of carbonyl (C=O) groups excluding carboxylic acids is 1. The lowest BCUT2D eigenvalue weighted by molar-refractivity contribution is 0.0737. The van der Waals surface area contributed by atoms with E-state index in [4.69, 9.17) is 11.6 Å². The summed E-state index contributed by atoms with van der Waals surface area (Å²) in [5, 5.41) is 6.26. The number of benzene rings is 1. The highest BCUT2D eigenvalue weighted by molar-refractivity contribution is 6.30. The van der Waals surface area contributed by atoms with Crippen molar-refractivity contribution in [3.63, 3.8) is 0 Å². The van der Waals surface area contributed by atoms with Crippen LogP contribution in [0.2, 0.25) is 5.02 Å². The third-order valence-corrected chi connectivity index (χ3v) is 3.89. The van der Waals surface area contributed by atoms with Gasteiger partial charge in [-0.05, 0) is 18.2 Å². The largest absolute Gasteiger partial charge is 0.368 e. The van der Waals surface area contributed by atoms with E-state index in [0.29, 0.717) is 31.2 Å². The van der Waals surface area contributed by atoms with Gasteiger partial charge in [0.1, 0.15) is 0 Å². The molecule has 1 saturated heterocycles.